The standard InChI is InChI=1S/C14H15NO4/c1-3-19-11(16)7-9-13(17)12-8(2)5-4-6-10(12)15-14(9)18/h4-6H,3,7H2,1-2H3,(H2,15,17,18). The normalized spacial score (nSPS) is 10.6. The number of aryl methyl sites for hydroxylation is 1. The molecule has 0 atom stereocenters. The van der Waals surface area contributed by atoms with Gasteiger partial charge in [-0.3, -0.25) is 9.59 Å². The summed E-state index contributed by atoms with van der Waals surface area (Å²) in [6, 6.07) is 5.32. The molecule has 0 bridgehead atoms. The quantitative estimate of drug-likeness (QED) is 0.823. The Bertz CT molecular complexity index is 688. The maximum atomic E-state index is 11.9. The van der Waals surface area contributed by atoms with Gasteiger partial charge in [0.25, 0.3) is 5.56 Å². The summed E-state index contributed by atoms with van der Waals surface area (Å²) in [7, 11) is 0. The molecule has 2 aromatic rings. The molecule has 0 saturated carbocycles. The van der Waals surface area contributed by atoms with E-state index in [4.69, 9.17) is 4.74 Å². The van der Waals surface area contributed by atoms with E-state index >= 15 is 0 Å². The number of rotatable bonds is 3. The number of aromatic amines is 1. The third kappa shape index (κ3) is 2.45. The lowest BCUT2D eigenvalue weighted by Gasteiger charge is -2.09. The van der Waals surface area contributed by atoms with E-state index in [1.807, 2.05) is 13.0 Å². The zero-order valence-corrected chi connectivity index (χ0v) is 10.8. The molecule has 2 N–H and O–H groups in total. The Morgan fingerprint density at radius 1 is 1.42 bits per heavy atom. The fraction of sp³-hybridized carbons (Fsp3) is 0.286. The Kier molecular flexibility index (Phi) is 3.55. The number of pyridine rings is 1. The van der Waals surface area contributed by atoms with Crippen molar-refractivity contribution in [3.63, 3.8) is 0 Å². The Morgan fingerprint density at radius 3 is 2.84 bits per heavy atom. The maximum Gasteiger partial charge on any atom is 0.310 e. The predicted octanol–water partition coefficient (Wildman–Crippen LogP) is 1.65. The fourth-order valence-corrected chi connectivity index (χ4v) is 2.06. The fourth-order valence-electron chi connectivity index (χ4n) is 2.06. The molecule has 100 valence electrons. The number of hydrogen-bond donors (Lipinski definition) is 2. The van der Waals surface area contributed by atoms with Gasteiger partial charge < -0.3 is 14.8 Å². The highest BCUT2D eigenvalue weighted by Gasteiger charge is 2.16. The van der Waals surface area contributed by atoms with Gasteiger partial charge in [-0.1, -0.05) is 12.1 Å². The molecule has 0 unspecified atom stereocenters. The van der Waals surface area contributed by atoms with Gasteiger partial charge in [-0.25, -0.2) is 0 Å². The summed E-state index contributed by atoms with van der Waals surface area (Å²) in [5.41, 5.74) is 0.954. The minimum Gasteiger partial charge on any atom is -0.507 e. The Labute approximate surface area is 109 Å². The topological polar surface area (TPSA) is 79.4 Å². The number of hydrogen-bond acceptors (Lipinski definition) is 4. The molecule has 0 amide bonds. The van der Waals surface area contributed by atoms with E-state index in [1.165, 1.54) is 0 Å². The van der Waals surface area contributed by atoms with Crippen molar-refractivity contribution in [3.8, 4) is 5.75 Å². The number of nitrogens with one attached hydrogen (secondary N) is 1. The number of H-pyrrole nitrogens is 1. The third-order valence-electron chi connectivity index (χ3n) is 2.94. The first-order valence-electron chi connectivity index (χ1n) is 6.03. The summed E-state index contributed by atoms with van der Waals surface area (Å²) in [6.45, 7) is 3.76. The van der Waals surface area contributed by atoms with Crippen LogP contribution in [0.25, 0.3) is 10.9 Å². The lowest BCUT2D eigenvalue weighted by Crippen LogP contribution is -2.18. The zero-order chi connectivity index (χ0) is 14.0. The van der Waals surface area contributed by atoms with Gasteiger partial charge >= 0.3 is 5.97 Å². The average molecular weight is 261 g/mol. The molecule has 1 heterocycles. The molecule has 2 rings (SSSR count). The Hall–Kier alpha value is -2.30. The van der Waals surface area contributed by atoms with Crippen LogP contribution >= 0.6 is 0 Å². The second-order valence-corrected chi connectivity index (χ2v) is 4.26. The van der Waals surface area contributed by atoms with E-state index in [0.29, 0.717) is 10.9 Å². The zero-order valence-electron chi connectivity index (χ0n) is 10.8. The number of carbonyl (C=O) groups is 1. The SMILES string of the molecule is CCOC(=O)Cc1c(O)c2c(C)cccc2[nH]c1=O. The molecular weight excluding hydrogens is 246 g/mol. The van der Waals surface area contributed by atoms with Gasteiger partial charge in [-0.05, 0) is 25.5 Å². The first-order chi connectivity index (χ1) is 9.04. The Balaban J connectivity index is 2.59. The minimum atomic E-state index is -0.531. The molecule has 0 spiro atoms. The number of aromatic hydroxyl groups is 1. The van der Waals surface area contributed by atoms with Crippen molar-refractivity contribution in [3.05, 3.63) is 39.7 Å². The molecule has 19 heavy (non-hydrogen) atoms. The summed E-state index contributed by atoms with van der Waals surface area (Å²) >= 11 is 0. The first kappa shape index (κ1) is 13.1. The van der Waals surface area contributed by atoms with Crippen LogP contribution in [-0.2, 0) is 16.0 Å². The molecule has 5 nitrogen and oxygen atoms in total. The molecule has 0 aliphatic rings. The summed E-state index contributed by atoms with van der Waals surface area (Å²) < 4.78 is 4.80. The van der Waals surface area contributed by atoms with Crippen LogP contribution < -0.4 is 5.56 Å². The molecule has 5 heteroatoms. The van der Waals surface area contributed by atoms with Crippen molar-refractivity contribution >= 4 is 16.9 Å². The molecule has 0 saturated heterocycles. The molecular formula is C14H15NO4. The van der Waals surface area contributed by atoms with Crippen LogP contribution in [0.4, 0.5) is 0 Å². The van der Waals surface area contributed by atoms with Gasteiger partial charge in [0.2, 0.25) is 0 Å². The van der Waals surface area contributed by atoms with E-state index in [9.17, 15) is 14.7 Å². The average Bonchev–Trinajstić information content (AvgIpc) is 2.34. The highest BCUT2D eigenvalue weighted by Crippen LogP contribution is 2.28. The largest absolute Gasteiger partial charge is 0.507 e. The highest BCUT2D eigenvalue weighted by atomic mass is 16.5. The minimum absolute atomic E-state index is 0.0419. The number of aromatic nitrogens is 1. The second kappa shape index (κ2) is 5.14. The molecule has 0 fully saturated rings. The van der Waals surface area contributed by atoms with Gasteiger partial charge in [0.15, 0.2) is 0 Å². The van der Waals surface area contributed by atoms with Crippen LogP contribution in [-0.4, -0.2) is 22.7 Å². The highest BCUT2D eigenvalue weighted by molar-refractivity contribution is 5.90. The smallest absolute Gasteiger partial charge is 0.310 e. The number of esters is 1. The van der Waals surface area contributed by atoms with Crippen LogP contribution in [0.5, 0.6) is 5.75 Å². The summed E-state index contributed by atoms with van der Waals surface area (Å²) in [5, 5.41) is 10.8. The number of carbonyl (C=O) groups excluding carboxylic acids is 1. The van der Waals surface area contributed by atoms with Crippen LogP contribution in [0.2, 0.25) is 0 Å². The van der Waals surface area contributed by atoms with Gasteiger partial charge in [-0.2, -0.15) is 0 Å². The van der Waals surface area contributed by atoms with E-state index in [-0.39, 0.29) is 24.3 Å². The van der Waals surface area contributed by atoms with Crippen LogP contribution in [0.1, 0.15) is 18.1 Å². The summed E-state index contributed by atoms with van der Waals surface area (Å²) in [5.74, 6) is -0.680. The van der Waals surface area contributed by atoms with Gasteiger partial charge in [-0.15, -0.1) is 0 Å². The Morgan fingerprint density at radius 2 is 2.16 bits per heavy atom. The van der Waals surface area contributed by atoms with E-state index in [2.05, 4.69) is 4.98 Å². The number of benzene rings is 1. The van der Waals surface area contributed by atoms with Crippen molar-refractivity contribution in [2.24, 2.45) is 0 Å². The van der Waals surface area contributed by atoms with Crippen molar-refractivity contribution in [1.82, 2.24) is 4.98 Å². The molecule has 0 aliphatic carbocycles. The summed E-state index contributed by atoms with van der Waals surface area (Å²) in [6.07, 6.45) is -0.237. The van der Waals surface area contributed by atoms with Gasteiger partial charge in [0, 0.05) is 5.39 Å². The van der Waals surface area contributed by atoms with Gasteiger partial charge in [0.1, 0.15) is 5.75 Å². The monoisotopic (exact) mass is 261 g/mol. The van der Waals surface area contributed by atoms with Crippen LogP contribution in [0.15, 0.2) is 23.0 Å². The van der Waals surface area contributed by atoms with E-state index in [1.54, 1.807) is 19.1 Å². The van der Waals surface area contributed by atoms with E-state index in [0.717, 1.165) is 5.56 Å². The van der Waals surface area contributed by atoms with Crippen LogP contribution in [0.3, 0.4) is 0 Å². The lowest BCUT2D eigenvalue weighted by molar-refractivity contribution is -0.142. The van der Waals surface area contributed by atoms with Crippen molar-refractivity contribution in [1.29, 1.82) is 0 Å². The molecule has 1 aromatic carbocycles. The van der Waals surface area contributed by atoms with Crippen LogP contribution in [0, 0.1) is 6.92 Å². The molecule has 1 aromatic heterocycles. The number of ether oxygens (including phenoxy) is 1. The predicted molar refractivity (Wildman–Crippen MR) is 71.3 cm³/mol. The molecule has 0 aliphatic heterocycles. The first-order valence-corrected chi connectivity index (χ1v) is 6.03. The molecule has 0 radical (unpaired) electrons. The maximum absolute atomic E-state index is 11.9. The van der Waals surface area contributed by atoms with Crippen molar-refractivity contribution < 1.29 is 14.6 Å². The second-order valence-electron chi connectivity index (χ2n) is 4.26. The number of fused-ring (bicyclic) bond motifs is 1. The van der Waals surface area contributed by atoms with Crippen molar-refractivity contribution in [2.75, 3.05) is 6.61 Å². The van der Waals surface area contributed by atoms with Crippen molar-refractivity contribution in [2.45, 2.75) is 20.3 Å². The van der Waals surface area contributed by atoms with Gasteiger partial charge in [0.05, 0.1) is 24.1 Å². The lowest BCUT2D eigenvalue weighted by atomic mass is 10.0. The van der Waals surface area contributed by atoms with E-state index < -0.39 is 11.5 Å². The summed E-state index contributed by atoms with van der Waals surface area (Å²) in [4.78, 5) is 26.0. The third-order valence-corrected chi connectivity index (χ3v) is 2.94.